The van der Waals surface area contributed by atoms with Crippen molar-refractivity contribution in [3.63, 3.8) is 0 Å². The molecule has 0 bridgehead atoms. The lowest BCUT2D eigenvalue weighted by Crippen LogP contribution is -2.31. The quantitative estimate of drug-likeness (QED) is 0.226. The molecule has 4 aromatic carbocycles. The molecular weight excluding hydrogens is 500 g/mol. The summed E-state index contributed by atoms with van der Waals surface area (Å²) in [6.45, 7) is -1.05. The summed E-state index contributed by atoms with van der Waals surface area (Å²) >= 11 is -1.57. The Morgan fingerprint density at radius 2 is 1.25 bits per heavy atom. The van der Waals surface area contributed by atoms with Crippen LogP contribution in [0.25, 0.3) is 21.9 Å². The van der Waals surface area contributed by atoms with Crippen molar-refractivity contribution in [1.82, 2.24) is 0 Å². The number of anilines is 2. The van der Waals surface area contributed by atoms with E-state index in [1.54, 1.807) is 34.6 Å². The Balaban J connectivity index is 1.72. The molecule has 0 radical (unpaired) electrons. The van der Waals surface area contributed by atoms with Gasteiger partial charge in [0.1, 0.15) is 13.1 Å². The molecule has 8 nitrogen and oxygen atoms in total. The van der Waals surface area contributed by atoms with Crippen LogP contribution in [0.15, 0.2) is 95.9 Å². The molecule has 1 unspecified atom stereocenters. The van der Waals surface area contributed by atoms with E-state index in [1.807, 2.05) is 54.6 Å². The molecule has 10 heteroatoms. The van der Waals surface area contributed by atoms with Gasteiger partial charge in [-0.2, -0.15) is 0 Å². The minimum atomic E-state index is -2.82. The first-order chi connectivity index (χ1) is 17.3. The molecule has 0 heterocycles. The highest BCUT2D eigenvalue weighted by molar-refractivity contribution is 8.00. The zero-order valence-electron chi connectivity index (χ0n) is 18.8. The van der Waals surface area contributed by atoms with Crippen LogP contribution in [0.4, 0.5) is 11.4 Å². The minimum Gasteiger partial charge on any atom is -0.755 e. The van der Waals surface area contributed by atoms with Crippen molar-refractivity contribution in [2.24, 2.45) is 0 Å². The number of hydrogen-bond acceptors (Lipinski definition) is 6. The Morgan fingerprint density at radius 3 is 1.83 bits per heavy atom. The van der Waals surface area contributed by atoms with Gasteiger partial charge in [-0.15, -0.1) is 0 Å². The predicted octanol–water partition coefficient (Wildman–Crippen LogP) is 4.79. The van der Waals surface area contributed by atoms with Crippen molar-refractivity contribution in [2.45, 2.75) is 4.90 Å². The molecule has 2 N–H and O–H groups in total. The molecule has 0 aliphatic heterocycles. The summed E-state index contributed by atoms with van der Waals surface area (Å²) in [5.41, 5.74) is 2.85. The fourth-order valence-electron chi connectivity index (χ4n) is 3.80. The first-order valence-corrected chi connectivity index (χ1v) is 12.6. The lowest BCUT2D eigenvalue weighted by atomic mass is 10.1. The van der Waals surface area contributed by atoms with Crippen LogP contribution in [-0.2, 0) is 20.9 Å². The average Bonchev–Trinajstić information content (AvgIpc) is 2.87. The lowest BCUT2D eigenvalue weighted by molar-refractivity contribution is -0.136. The Bertz CT molecular complexity index is 1410. The fourth-order valence-corrected chi connectivity index (χ4v) is 5.28. The van der Waals surface area contributed by atoms with Crippen molar-refractivity contribution >= 4 is 57.3 Å². The van der Waals surface area contributed by atoms with Crippen LogP contribution in [0.5, 0.6) is 0 Å². The molecule has 0 saturated carbocycles. The van der Waals surface area contributed by atoms with Gasteiger partial charge in [0, 0.05) is 26.9 Å². The molecule has 0 aliphatic carbocycles. The zero-order chi connectivity index (χ0) is 25.7. The third kappa shape index (κ3) is 5.85. The average molecular weight is 522 g/mol. The summed E-state index contributed by atoms with van der Waals surface area (Å²) in [4.78, 5) is 23.8. The van der Waals surface area contributed by atoms with Gasteiger partial charge >= 0.3 is 11.9 Å². The van der Waals surface area contributed by atoms with E-state index >= 15 is 0 Å². The summed E-state index contributed by atoms with van der Waals surface area (Å²) in [5, 5.41) is 19.8. The first kappa shape index (κ1) is 25.2. The highest BCUT2D eigenvalue weighted by Gasteiger charge is 2.20. The highest BCUT2D eigenvalue weighted by atomic mass is 32.2. The minimum absolute atomic E-state index is 0.192. The Kier molecular flexibility index (Phi) is 7.89. The molecule has 0 aliphatic rings. The van der Waals surface area contributed by atoms with Crippen LogP contribution in [0.3, 0.4) is 0 Å². The van der Waals surface area contributed by atoms with E-state index in [0.717, 1.165) is 20.3 Å². The number of hydrogen-bond donors (Lipinski definition) is 2. The number of aliphatic carboxylic acids is 2. The molecule has 36 heavy (non-hydrogen) atoms. The van der Waals surface area contributed by atoms with Gasteiger partial charge in [0.2, 0.25) is 0 Å². The van der Waals surface area contributed by atoms with Crippen LogP contribution < -0.4 is 8.61 Å². The predicted molar refractivity (Wildman–Crippen MR) is 141 cm³/mol. The van der Waals surface area contributed by atoms with Crippen LogP contribution in [-0.4, -0.2) is 44.0 Å². The van der Waals surface area contributed by atoms with Gasteiger partial charge in [-0.3, -0.25) is 18.1 Å². The summed E-state index contributed by atoms with van der Waals surface area (Å²) in [5.74, 6) is -2.33. The molecule has 184 valence electrons. The topological polar surface area (TPSA) is 121 Å². The molecule has 0 saturated heterocycles. The monoisotopic (exact) mass is 521 g/mol. The standard InChI is InChI=1S/C26H22N2O6S2/c29-25(30)16-27(35-20-12-10-19(11-13-20)18-6-2-1-3-7-18)23-14-15-24(22-9-5-4-8-21(22)23)28(36(33)34)17-26(31)32/h1-15H,16-17H2,(H,29,30)(H,31,32)(H,33,34)/p-1. The van der Waals surface area contributed by atoms with Crippen molar-refractivity contribution in [1.29, 1.82) is 0 Å². The molecule has 0 spiro atoms. The van der Waals surface area contributed by atoms with Gasteiger partial charge in [0.15, 0.2) is 0 Å². The number of nitrogens with zero attached hydrogens (tertiary/aromatic N) is 2. The van der Waals surface area contributed by atoms with E-state index in [1.165, 1.54) is 18.0 Å². The van der Waals surface area contributed by atoms with Crippen molar-refractivity contribution in [3.8, 4) is 11.1 Å². The smallest absolute Gasteiger partial charge is 0.324 e. The maximum Gasteiger partial charge on any atom is 0.324 e. The fraction of sp³-hybridized carbons (Fsp3) is 0.0769. The number of carboxylic acid groups (broad SMARTS) is 2. The molecule has 0 amide bonds. The van der Waals surface area contributed by atoms with E-state index in [2.05, 4.69) is 0 Å². The second kappa shape index (κ2) is 11.3. The van der Waals surface area contributed by atoms with Crippen molar-refractivity contribution < 1.29 is 28.6 Å². The van der Waals surface area contributed by atoms with E-state index < -0.39 is 29.7 Å². The lowest BCUT2D eigenvalue weighted by Gasteiger charge is -2.28. The maximum atomic E-state index is 11.8. The molecule has 4 aromatic rings. The third-order valence-corrected chi connectivity index (χ3v) is 7.05. The number of fused-ring (bicyclic) bond motifs is 1. The SMILES string of the molecule is O=C(O)CN(Sc1ccc(-c2ccccc2)cc1)c1ccc(N(CC(=O)O)S(=O)[O-])c2ccccc12. The first-order valence-electron chi connectivity index (χ1n) is 10.8. The second-order valence-electron chi connectivity index (χ2n) is 7.71. The molecule has 1 atom stereocenters. The van der Waals surface area contributed by atoms with E-state index in [4.69, 9.17) is 0 Å². The van der Waals surface area contributed by atoms with Crippen LogP contribution in [0, 0.1) is 0 Å². The number of rotatable bonds is 10. The Morgan fingerprint density at radius 1 is 0.722 bits per heavy atom. The van der Waals surface area contributed by atoms with Gasteiger partial charge in [0.25, 0.3) is 0 Å². The van der Waals surface area contributed by atoms with Crippen LogP contribution in [0.1, 0.15) is 0 Å². The highest BCUT2D eigenvalue weighted by Crippen LogP contribution is 2.39. The van der Waals surface area contributed by atoms with Gasteiger partial charge < -0.3 is 19.1 Å². The van der Waals surface area contributed by atoms with Crippen molar-refractivity contribution in [3.05, 3.63) is 91.0 Å². The van der Waals surface area contributed by atoms with Gasteiger partial charge in [-0.1, -0.05) is 66.7 Å². The number of benzene rings is 4. The molecule has 0 fully saturated rings. The summed E-state index contributed by atoms with van der Waals surface area (Å²) in [6, 6.07) is 27.6. The van der Waals surface area contributed by atoms with Crippen LogP contribution >= 0.6 is 11.9 Å². The molecule has 0 aromatic heterocycles. The van der Waals surface area contributed by atoms with Gasteiger partial charge in [-0.25, -0.2) is 0 Å². The molecule has 4 rings (SSSR count). The Hall–Kier alpha value is -3.86. The Labute approximate surface area is 214 Å². The normalized spacial score (nSPS) is 11.7. The maximum absolute atomic E-state index is 11.8. The largest absolute Gasteiger partial charge is 0.755 e. The summed E-state index contributed by atoms with van der Waals surface area (Å²) < 4.78 is 25.9. The third-order valence-electron chi connectivity index (χ3n) is 5.33. The van der Waals surface area contributed by atoms with Crippen molar-refractivity contribution in [2.75, 3.05) is 21.7 Å². The number of carbonyl (C=O) groups is 2. The van der Waals surface area contributed by atoms with E-state index in [-0.39, 0.29) is 12.2 Å². The van der Waals surface area contributed by atoms with Gasteiger partial charge in [-0.05, 0) is 47.3 Å². The van der Waals surface area contributed by atoms with E-state index in [9.17, 15) is 28.6 Å². The summed E-state index contributed by atoms with van der Waals surface area (Å²) in [7, 11) is 0. The van der Waals surface area contributed by atoms with E-state index in [0.29, 0.717) is 16.5 Å². The molecular formula is C26H21N2O6S2-. The van der Waals surface area contributed by atoms with Crippen LogP contribution in [0.2, 0.25) is 0 Å². The van der Waals surface area contributed by atoms with Gasteiger partial charge in [0.05, 0.1) is 11.4 Å². The number of carboxylic acids is 2. The zero-order valence-corrected chi connectivity index (χ0v) is 20.4. The summed E-state index contributed by atoms with van der Waals surface area (Å²) in [6.07, 6.45) is 0. The second-order valence-corrected chi connectivity index (χ2v) is 9.68.